The van der Waals surface area contributed by atoms with Crippen LogP contribution in [0.1, 0.15) is 44.9 Å². The molecule has 2 nitrogen and oxygen atoms in total. The molecule has 2 aliphatic rings. The number of carbonyl (C=O) groups is 1. The van der Waals surface area contributed by atoms with Gasteiger partial charge in [0.1, 0.15) is 6.10 Å². The van der Waals surface area contributed by atoms with Crippen LogP contribution in [0.5, 0.6) is 0 Å². The minimum absolute atomic E-state index is 0.0183. The van der Waals surface area contributed by atoms with Gasteiger partial charge in [0.25, 0.3) is 0 Å². The first-order chi connectivity index (χ1) is 6.77. The third kappa shape index (κ3) is 2.30. The van der Waals surface area contributed by atoms with E-state index in [4.69, 9.17) is 4.74 Å². The van der Waals surface area contributed by atoms with E-state index in [-0.39, 0.29) is 12.1 Å². The standard InChI is InChI=1S/C11H17BrO2/c12-11(8-4-2-1-3-5-8)9-6-7-10(13)14-9/h8-9,11H,1-7H2/t9-,11-/m0/s1. The van der Waals surface area contributed by atoms with Crippen molar-refractivity contribution in [2.45, 2.75) is 55.9 Å². The van der Waals surface area contributed by atoms with Crippen LogP contribution in [0.15, 0.2) is 0 Å². The molecule has 1 saturated heterocycles. The summed E-state index contributed by atoms with van der Waals surface area (Å²) in [5.74, 6) is 0.704. The Morgan fingerprint density at radius 1 is 1.21 bits per heavy atom. The fourth-order valence-corrected chi connectivity index (χ4v) is 3.43. The minimum atomic E-state index is -0.0183. The van der Waals surface area contributed by atoms with Gasteiger partial charge in [0, 0.05) is 6.42 Å². The number of halogens is 1. The number of esters is 1. The van der Waals surface area contributed by atoms with Gasteiger partial charge in [0.05, 0.1) is 4.83 Å². The molecule has 0 aromatic carbocycles. The highest BCUT2D eigenvalue weighted by atomic mass is 79.9. The van der Waals surface area contributed by atoms with Crippen molar-refractivity contribution in [3.63, 3.8) is 0 Å². The monoisotopic (exact) mass is 260 g/mol. The molecule has 1 aliphatic heterocycles. The Morgan fingerprint density at radius 3 is 2.50 bits per heavy atom. The van der Waals surface area contributed by atoms with Crippen molar-refractivity contribution >= 4 is 21.9 Å². The Balaban J connectivity index is 1.86. The number of cyclic esters (lactones) is 1. The molecule has 3 heteroatoms. The molecule has 2 rings (SSSR count). The van der Waals surface area contributed by atoms with Crippen LogP contribution in [0.3, 0.4) is 0 Å². The lowest BCUT2D eigenvalue weighted by Gasteiger charge is -2.29. The smallest absolute Gasteiger partial charge is 0.306 e. The van der Waals surface area contributed by atoms with Gasteiger partial charge in [-0.2, -0.15) is 0 Å². The molecule has 0 spiro atoms. The molecule has 0 N–H and O–H groups in total. The Hall–Kier alpha value is -0.0500. The third-order valence-electron chi connectivity index (χ3n) is 3.37. The van der Waals surface area contributed by atoms with Gasteiger partial charge in [-0.1, -0.05) is 35.2 Å². The molecule has 0 unspecified atom stereocenters. The zero-order valence-electron chi connectivity index (χ0n) is 8.38. The van der Waals surface area contributed by atoms with E-state index in [1.54, 1.807) is 0 Å². The molecule has 0 bridgehead atoms. The lowest BCUT2D eigenvalue weighted by atomic mass is 9.85. The average Bonchev–Trinajstić information content (AvgIpc) is 2.65. The number of alkyl halides is 1. The van der Waals surface area contributed by atoms with E-state index < -0.39 is 0 Å². The first-order valence-electron chi connectivity index (χ1n) is 5.61. The van der Waals surface area contributed by atoms with Crippen LogP contribution in [0.2, 0.25) is 0 Å². The van der Waals surface area contributed by atoms with Gasteiger partial charge in [-0.25, -0.2) is 0 Å². The Bertz CT molecular complexity index is 211. The van der Waals surface area contributed by atoms with Gasteiger partial charge in [0.2, 0.25) is 0 Å². The van der Waals surface area contributed by atoms with Crippen LogP contribution in [0.25, 0.3) is 0 Å². The van der Waals surface area contributed by atoms with Crippen molar-refractivity contribution in [2.24, 2.45) is 5.92 Å². The highest BCUT2D eigenvalue weighted by Gasteiger charge is 2.34. The summed E-state index contributed by atoms with van der Waals surface area (Å²) in [6.07, 6.45) is 8.31. The minimum Gasteiger partial charge on any atom is -0.461 e. The maximum absolute atomic E-state index is 11.0. The second-order valence-corrected chi connectivity index (χ2v) is 5.47. The van der Waals surface area contributed by atoms with Gasteiger partial charge < -0.3 is 4.74 Å². The first kappa shape index (κ1) is 10.5. The number of ether oxygens (including phenoxy) is 1. The van der Waals surface area contributed by atoms with E-state index in [2.05, 4.69) is 15.9 Å². The second kappa shape index (κ2) is 4.65. The summed E-state index contributed by atoms with van der Waals surface area (Å²) in [6, 6.07) is 0. The van der Waals surface area contributed by atoms with E-state index in [9.17, 15) is 4.79 Å². The summed E-state index contributed by atoms with van der Waals surface area (Å²) >= 11 is 3.72. The molecule has 0 aromatic heterocycles. The van der Waals surface area contributed by atoms with Crippen LogP contribution in [0, 0.1) is 5.92 Å². The molecular weight excluding hydrogens is 244 g/mol. The Labute approximate surface area is 93.5 Å². The van der Waals surface area contributed by atoms with Crippen molar-refractivity contribution in [3.05, 3.63) is 0 Å². The van der Waals surface area contributed by atoms with Gasteiger partial charge >= 0.3 is 5.97 Å². The van der Waals surface area contributed by atoms with Crippen molar-refractivity contribution in [2.75, 3.05) is 0 Å². The van der Waals surface area contributed by atoms with Crippen LogP contribution in [-0.2, 0) is 9.53 Å². The quantitative estimate of drug-likeness (QED) is 0.564. The molecule has 2 atom stereocenters. The first-order valence-corrected chi connectivity index (χ1v) is 6.52. The fraction of sp³-hybridized carbons (Fsp3) is 0.909. The zero-order valence-corrected chi connectivity index (χ0v) is 9.96. The predicted octanol–water partition coefficient (Wildman–Crippen LogP) is 3.04. The highest BCUT2D eigenvalue weighted by Crippen LogP contribution is 2.35. The lowest BCUT2D eigenvalue weighted by Crippen LogP contribution is -2.29. The van der Waals surface area contributed by atoms with Gasteiger partial charge in [-0.15, -0.1) is 0 Å². The van der Waals surface area contributed by atoms with E-state index in [1.807, 2.05) is 0 Å². The molecule has 2 fully saturated rings. The SMILES string of the molecule is O=C1CC[C@@H]([C@@H](Br)C2CCCCC2)O1. The maximum Gasteiger partial charge on any atom is 0.306 e. The normalized spacial score (nSPS) is 31.5. The zero-order chi connectivity index (χ0) is 9.97. The van der Waals surface area contributed by atoms with Crippen LogP contribution < -0.4 is 0 Å². The number of carbonyl (C=O) groups excluding carboxylic acids is 1. The second-order valence-electron chi connectivity index (χ2n) is 4.41. The van der Waals surface area contributed by atoms with Gasteiger partial charge in [0.15, 0.2) is 0 Å². The number of rotatable bonds is 2. The van der Waals surface area contributed by atoms with E-state index in [1.165, 1.54) is 32.1 Å². The summed E-state index contributed by atoms with van der Waals surface area (Å²) in [6.45, 7) is 0. The molecule has 1 heterocycles. The molecule has 0 amide bonds. The summed E-state index contributed by atoms with van der Waals surface area (Å²) in [5, 5.41) is 0. The van der Waals surface area contributed by atoms with Crippen molar-refractivity contribution in [3.8, 4) is 0 Å². The molecule has 80 valence electrons. The Morgan fingerprint density at radius 2 is 1.93 bits per heavy atom. The summed E-state index contributed by atoms with van der Waals surface area (Å²) in [4.78, 5) is 11.4. The number of hydrogen-bond acceptors (Lipinski definition) is 2. The van der Waals surface area contributed by atoms with E-state index in [0.717, 1.165) is 12.3 Å². The topological polar surface area (TPSA) is 26.3 Å². The summed E-state index contributed by atoms with van der Waals surface area (Å²) < 4.78 is 5.29. The fourth-order valence-electron chi connectivity index (χ4n) is 2.53. The number of hydrogen-bond donors (Lipinski definition) is 0. The maximum atomic E-state index is 11.0. The molecule has 0 radical (unpaired) electrons. The van der Waals surface area contributed by atoms with Gasteiger partial charge in [-0.3, -0.25) is 4.79 Å². The van der Waals surface area contributed by atoms with Crippen LogP contribution >= 0.6 is 15.9 Å². The van der Waals surface area contributed by atoms with Crippen molar-refractivity contribution < 1.29 is 9.53 Å². The summed E-state index contributed by atoms with van der Waals surface area (Å²) in [5.41, 5.74) is 0. The molecule has 14 heavy (non-hydrogen) atoms. The van der Waals surface area contributed by atoms with Crippen LogP contribution in [-0.4, -0.2) is 16.9 Å². The molecular formula is C11H17BrO2. The predicted molar refractivity (Wildman–Crippen MR) is 58.4 cm³/mol. The third-order valence-corrected chi connectivity index (χ3v) is 4.71. The molecule has 1 aliphatic carbocycles. The average molecular weight is 261 g/mol. The van der Waals surface area contributed by atoms with Gasteiger partial charge in [-0.05, 0) is 25.2 Å². The lowest BCUT2D eigenvalue weighted by molar-refractivity contribution is -0.141. The molecule has 0 aromatic rings. The van der Waals surface area contributed by atoms with Crippen molar-refractivity contribution in [1.82, 2.24) is 0 Å². The van der Waals surface area contributed by atoms with E-state index >= 15 is 0 Å². The van der Waals surface area contributed by atoms with Crippen molar-refractivity contribution in [1.29, 1.82) is 0 Å². The summed E-state index contributed by atoms with van der Waals surface area (Å²) in [7, 11) is 0. The largest absolute Gasteiger partial charge is 0.461 e. The molecule has 1 saturated carbocycles. The highest BCUT2D eigenvalue weighted by molar-refractivity contribution is 9.09. The Kier molecular flexibility index (Phi) is 3.47. The van der Waals surface area contributed by atoms with Crippen LogP contribution in [0.4, 0.5) is 0 Å². The van der Waals surface area contributed by atoms with E-state index in [0.29, 0.717) is 11.2 Å².